The molecule has 3 N–H and O–H groups in total. The highest BCUT2D eigenvalue weighted by atomic mass is 16.5. The predicted octanol–water partition coefficient (Wildman–Crippen LogP) is 2.23. The second-order valence-electron chi connectivity index (χ2n) is 6.43. The van der Waals surface area contributed by atoms with E-state index in [0.717, 1.165) is 35.6 Å². The number of ether oxygens (including phenoxy) is 1. The fourth-order valence-electron chi connectivity index (χ4n) is 3.12. The zero-order chi connectivity index (χ0) is 17.9. The second-order valence-corrected chi connectivity index (χ2v) is 6.43. The number of hydrogen-bond donors (Lipinski definition) is 3. The summed E-state index contributed by atoms with van der Waals surface area (Å²) in [5.41, 5.74) is 1.85. The van der Waals surface area contributed by atoms with Crippen molar-refractivity contribution in [3.05, 3.63) is 35.9 Å². The van der Waals surface area contributed by atoms with Gasteiger partial charge in [0.05, 0.1) is 24.9 Å². The van der Waals surface area contributed by atoms with Crippen molar-refractivity contribution < 1.29 is 14.3 Å². The molecular formula is C18H23N5O3. The third-order valence-corrected chi connectivity index (χ3v) is 4.49. The van der Waals surface area contributed by atoms with Gasteiger partial charge in [-0.15, -0.1) is 0 Å². The highest BCUT2D eigenvalue weighted by molar-refractivity contribution is 5.89. The Morgan fingerprint density at radius 3 is 2.96 bits per heavy atom. The maximum atomic E-state index is 10.2. The van der Waals surface area contributed by atoms with Crippen LogP contribution in [-0.4, -0.2) is 52.9 Å². The van der Waals surface area contributed by atoms with Crippen molar-refractivity contribution in [3.63, 3.8) is 0 Å². The number of fused-ring (bicyclic) bond motifs is 1. The average molecular weight is 357 g/mol. The Balaban J connectivity index is 1.52. The first-order valence-electron chi connectivity index (χ1n) is 8.86. The van der Waals surface area contributed by atoms with Crippen LogP contribution in [-0.2, 0) is 4.74 Å². The number of H-pyrrole nitrogens is 1. The van der Waals surface area contributed by atoms with Gasteiger partial charge in [0, 0.05) is 25.3 Å². The molecule has 0 spiro atoms. The number of aliphatic hydroxyl groups excluding tert-OH is 1. The highest BCUT2D eigenvalue weighted by Crippen LogP contribution is 2.25. The number of hydrogen-bond acceptors (Lipinski definition) is 7. The smallest absolute Gasteiger partial charge is 0.229 e. The Morgan fingerprint density at radius 1 is 1.35 bits per heavy atom. The SMILES string of the molecule is Cc1cc2c(NCCC(O)c3ccco3)nc(N3CCOCC3)nc2[nH]1. The van der Waals surface area contributed by atoms with Gasteiger partial charge in [0.1, 0.15) is 23.3 Å². The van der Waals surface area contributed by atoms with E-state index in [-0.39, 0.29) is 0 Å². The summed E-state index contributed by atoms with van der Waals surface area (Å²) in [6.45, 7) is 5.50. The zero-order valence-electron chi connectivity index (χ0n) is 14.7. The molecule has 1 saturated heterocycles. The zero-order valence-corrected chi connectivity index (χ0v) is 14.7. The second kappa shape index (κ2) is 7.35. The number of nitrogens with zero attached hydrogens (tertiary/aromatic N) is 3. The number of rotatable bonds is 6. The lowest BCUT2D eigenvalue weighted by atomic mass is 10.2. The van der Waals surface area contributed by atoms with Crippen LogP contribution in [0.25, 0.3) is 11.0 Å². The van der Waals surface area contributed by atoms with Gasteiger partial charge in [-0.05, 0) is 31.5 Å². The van der Waals surface area contributed by atoms with Gasteiger partial charge in [-0.3, -0.25) is 0 Å². The number of furan rings is 1. The highest BCUT2D eigenvalue weighted by Gasteiger charge is 2.18. The van der Waals surface area contributed by atoms with Crippen molar-refractivity contribution in [2.45, 2.75) is 19.4 Å². The average Bonchev–Trinajstić information content (AvgIpc) is 3.31. The third-order valence-electron chi connectivity index (χ3n) is 4.49. The van der Waals surface area contributed by atoms with Crippen LogP contribution in [0.3, 0.4) is 0 Å². The quantitative estimate of drug-likeness (QED) is 0.622. The molecule has 1 atom stereocenters. The van der Waals surface area contributed by atoms with Gasteiger partial charge >= 0.3 is 0 Å². The maximum absolute atomic E-state index is 10.2. The molecule has 1 aliphatic rings. The van der Waals surface area contributed by atoms with Crippen LogP contribution in [0, 0.1) is 6.92 Å². The summed E-state index contributed by atoms with van der Waals surface area (Å²) in [6, 6.07) is 5.58. The first-order valence-corrected chi connectivity index (χ1v) is 8.86. The van der Waals surface area contributed by atoms with Crippen LogP contribution in [0.15, 0.2) is 28.9 Å². The monoisotopic (exact) mass is 357 g/mol. The molecule has 0 saturated carbocycles. The Morgan fingerprint density at radius 2 is 2.19 bits per heavy atom. The molecule has 8 nitrogen and oxygen atoms in total. The van der Waals surface area contributed by atoms with Crippen LogP contribution in [0.1, 0.15) is 24.0 Å². The lowest BCUT2D eigenvalue weighted by Crippen LogP contribution is -2.37. The summed E-state index contributed by atoms with van der Waals surface area (Å²) >= 11 is 0. The molecule has 3 aromatic rings. The van der Waals surface area contributed by atoms with Crippen LogP contribution < -0.4 is 10.2 Å². The first kappa shape index (κ1) is 16.9. The molecule has 1 fully saturated rings. The topological polar surface area (TPSA) is 99.4 Å². The molecule has 0 bridgehead atoms. The van der Waals surface area contributed by atoms with Gasteiger partial charge in [-0.1, -0.05) is 0 Å². The van der Waals surface area contributed by atoms with Crippen LogP contribution in [0.4, 0.5) is 11.8 Å². The Bertz CT molecular complexity index is 855. The fraction of sp³-hybridized carbons (Fsp3) is 0.444. The summed E-state index contributed by atoms with van der Waals surface area (Å²) in [5.74, 6) is 2.04. The molecule has 4 rings (SSSR count). The van der Waals surface area contributed by atoms with E-state index >= 15 is 0 Å². The van der Waals surface area contributed by atoms with E-state index in [1.54, 1.807) is 18.4 Å². The Hall–Kier alpha value is -2.58. The molecule has 26 heavy (non-hydrogen) atoms. The normalized spacial score (nSPS) is 16.2. The Kier molecular flexibility index (Phi) is 4.77. The van der Waals surface area contributed by atoms with E-state index < -0.39 is 6.10 Å². The number of aromatic amines is 1. The van der Waals surface area contributed by atoms with Gasteiger partial charge < -0.3 is 29.5 Å². The molecule has 0 aliphatic carbocycles. The van der Waals surface area contributed by atoms with E-state index in [1.165, 1.54) is 0 Å². The number of aryl methyl sites for hydroxylation is 1. The van der Waals surface area contributed by atoms with Gasteiger partial charge in [-0.2, -0.15) is 9.97 Å². The van der Waals surface area contributed by atoms with Crippen molar-refractivity contribution in [2.75, 3.05) is 43.1 Å². The molecule has 8 heteroatoms. The predicted molar refractivity (Wildman–Crippen MR) is 98.4 cm³/mol. The van der Waals surface area contributed by atoms with Crippen molar-refractivity contribution in [1.29, 1.82) is 0 Å². The minimum Gasteiger partial charge on any atom is -0.467 e. The number of morpholine rings is 1. The summed E-state index contributed by atoms with van der Waals surface area (Å²) in [7, 11) is 0. The van der Waals surface area contributed by atoms with E-state index in [0.29, 0.717) is 37.9 Å². The lowest BCUT2D eigenvalue weighted by Gasteiger charge is -2.27. The number of aliphatic hydroxyl groups is 1. The van der Waals surface area contributed by atoms with Gasteiger partial charge in [-0.25, -0.2) is 0 Å². The van der Waals surface area contributed by atoms with Crippen molar-refractivity contribution >= 4 is 22.8 Å². The summed E-state index contributed by atoms with van der Waals surface area (Å²) in [6.07, 6.45) is 1.45. The third kappa shape index (κ3) is 3.51. The molecule has 1 aliphatic heterocycles. The number of aromatic nitrogens is 3. The minimum absolute atomic E-state index is 0.523. The molecule has 0 radical (unpaired) electrons. The van der Waals surface area contributed by atoms with Gasteiger partial charge in [0.2, 0.25) is 5.95 Å². The standard InChI is InChI=1S/C18H23N5O3/c1-12-11-13-16(19-5-4-14(24)15-3-2-8-26-15)21-18(22-17(13)20-12)23-6-9-25-10-7-23/h2-3,8,11,14,24H,4-7,9-10H2,1H3,(H2,19,20,21,22). The molecule has 3 aromatic heterocycles. The van der Waals surface area contributed by atoms with E-state index in [9.17, 15) is 5.11 Å². The van der Waals surface area contributed by atoms with E-state index in [2.05, 4.69) is 20.2 Å². The molecule has 4 heterocycles. The van der Waals surface area contributed by atoms with Gasteiger partial charge in [0.25, 0.3) is 0 Å². The number of anilines is 2. The summed E-state index contributed by atoms with van der Waals surface area (Å²) in [4.78, 5) is 14.8. The summed E-state index contributed by atoms with van der Waals surface area (Å²) in [5, 5.41) is 14.5. The van der Waals surface area contributed by atoms with Crippen LogP contribution >= 0.6 is 0 Å². The van der Waals surface area contributed by atoms with Crippen LogP contribution in [0.5, 0.6) is 0 Å². The van der Waals surface area contributed by atoms with Gasteiger partial charge in [0.15, 0.2) is 0 Å². The largest absolute Gasteiger partial charge is 0.467 e. The molecule has 0 aromatic carbocycles. The maximum Gasteiger partial charge on any atom is 0.229 e. The Labute approximate surface area is 151 Å². The summed E-state index contributed by atoms with van der Waals surface area (Å²) < 4.78 is 10.7. The van der Waals surface area contributed by atoms with Crippen molar-refractivity contribution in [1.82, 2.24) is 15.0 Å². The van der Waals surface area contributed by atoms with Crippen molar-refractivity contribution in [3.8, 4) is 0 Å². The van der Waals surface area contributed by atoms with Crippen LogP contribution in [0.2, 0.25) is 0 Å². The minimum atomic E-state index is -0.637. The fourth-order valence-corrected chi connectivity index (χ4v) is 3.12. The molecule has 1 unspecified atom stereocenters. The molecule has 0 amide bonds. The van der Waals surface area contributed by atoms with E-state index in [1.807, 2.05) is 13.0 Å². The number of nitrogens with one attached hydrogen (secondary N) is 2. The van der Waals surface area contributed by atoms with Crippen molar-refractivity contribution in [2.24, 2.45) is 0 Å². The molecule has 138 valence electrons. The van der Waals surface area contributed by atoms with E-state index in [4.69, 9.17) is 14.1 Å². The molecular weight excluding hydrogens is 334 g/mol. The lowest BCUT2D eigenvalue weighted by molar-refractivity contribution is 0.122. The first-order chi connectivity index (χ1) is 12.7.